The largest absolute Gasteiger partial charge is 0.342 e. The van der Waals surface area contributed by atoms with E-state index in [1.54, 1.807) is 0 Å². The average Bonchev–Trinajstić information content (AvgIpc) is 2.92. The quantitative estimate of drug-likeness (QED) is 0.459. The normalized spacial score (nSPS) is 14.9. The molecule has 1 amide bonds. The molecule has 184 valence electrons. The van der Waals surface area contributed by atoms with Crippen molar-refractivity contribution in [3.63, 3.8) is 0 Å². The number of anilines is 2. The summed E-state index contributed by atoms with van der Waals surface area (Å²) < 4.78 is 0. The van der Waals surface area contributed by atoms with E-state index in [2.05, 4.69) is 88.8 Å². The third-order valence-corrected chi connectivity index (χ3v) is 6.92. The predicted octanol–water partition coefficient (Wildman–Crippen LogP) is 5.32. The Morgan fingerprint density at radius 3 is 2.09 bits per heavy atom. The first-order chi connectivity index (χ1) is 17.2. The van der Waals surface area contributed by atoms with E-state index in [1.165, 1.54) is 22.5 Å². The van der Waals surface area contributed by atoms with Crippen LogP contribution in [0.4, 0.5) is 11.4 Å². The van der Waals surface area contributed by atoms with Gasteiger partial charge >= 0.3 is 0 Å². The molecule has 1 saturated heterocycles. The van der Waals surface area contributed by atoms with Crippen LogP contribution >= 0.6 is 0 Å². The van der Waals surface area contributed by atoms with Gasteiger partial charge in [0, 0.05) is 62.8 Å². The number of para-hydroxylation sites is 1. The van der Waals surface area contributed by atoms with E-state index >= 15 is 0 Å². The van der Waals surface area contributed by atoms with Gasteiger partial charge in [0.25, 0.3) is 5.91 Å². The molecule has 0 spiro atoms. The lowest BCUT2D eigenvalue weighted by atomic mass is 9.94. The number of carbonyl (C=O) groups excluding carboxylic acids is 1. The summed E-state index contributed by atoms with van der Waals surface area (Å²) in [6, 6.07) is 27.9. The van der Waals surface area contributed by atoms with Crippen molar-refractivity contribution < 1.29 is 4.79 Å². The Bertz CT molecular complexity index is 1070. The molecule has 0 radical (unpaired) electrons. The van der Waals surface area contributed by atoms with Gasteiger partial charge in [-0.3, -0.25) is 9.69 Å². The van der Waals surface area contributed by atoms with E-state index in [4.69, 9.17) is 0 Å². The number of piperazine rings is 1. The molecule has 5 nitrogen and oxygen atoms in total. The fourth-order valence-corrected chi connectivity index (χ4v) is 5.04. The molecule has 0 aliphatic carbocycles. The van der Waals surface area contributed by atoms with E-state index in [-0.39, 0.29) is 11.9 Å². The van der Waals surface area contributed by atoms with Crippen molar-refractivity contribution in [3.05, 3.63) is 95.6 Å². The Hall–Kier alpha value is -3.15. The molecule has 0 aromatic heterocycles. The zero-order valence-corrected chi connectivity index (χ0v) is 21.3. The van der Waals surface area contributed by atoms with Crippen molar-refractivity contribution in [2.24, 2.45) is 0 Å². The smallest absolute Gasteiger partial charge is 0.253 e. The first-order valence-corrected chi connectivity index (χ1v) is 12.9. The second-order valence-electron chi connectivity index (χ2n) is 8.96. The first-order valence-electron chi connectivity index (χ1n) is 12.9. The van der Waals surface area contributed by atoms with Crippen molar-refractivity contribution >= 4 is 17.3 Å². The Morgan fingerprint density at radius 2 is 1.46 bits per heavy atom. The summed E-state index contributed by atoms with van der Waals surface area (Å²) in [7, 11) is 0. The molecule has 1 N–H and O–H groups in total. The maximum Gasteiger partial charge on any atom is 0.253 e. The van der Waals surface area contributed by atoms with Crippen molar-refractivity contribution in [1.29, 1.82) is 0 Å². The van der Waals surface area contributed by atoms with Crippen LogP contribution in [0.2, 0.25) is 0 Å². The maximum atomic E-state index is 12.8. The lowest BCUT2D eigenvalue weighted by Gasteiger charge is -2.36. The van der Waals surface area contributed by atoms with Crippen LogP contribution in [0, 0.1) is 0 Å². The van der Waals surface area contributed by atoms with Crippen LogP contribution in [0.1, 0.15) is 48.3 Å². The van der Waals surface area contributed by atoms with E-state index in [9.17, 15) is 4.79 Å². The van der Waals surface area contributed by atoms with Gasteiger partial charge in [-0.2, -0.15) is 0 Å². The number of benzene rings is 3. The van der Waals surface area contributed by atoms with Crippen LogP contribution in [-0.4, -0.2) is 61.5 Å². The molecule has 0 bridgehead atoms. The molecule has 0 saturated carbocycles. The number of rotatable bonds is 9. The highest BCUT2D eigenvalue weighted by atomic mass is 16.2. The number of hydrogen-bond donors (Lipinski definition) is 1. The number of amides is 1. The maximum absolute atomic E-state index is 12.8. The second kappa shape index (κ2) is 12.0. The Labute approximate surface area is 210 Å². The molecule has 0 unspecified atom stereocenters. The van der Waals surface area contributed by atoms with Crippen molar-refractivity contribution in [2.75, 3.05) is 50.7 Å². The molecule has 5 heteroatoms. The highest BCUT2D eigenvalue weighted by Crippen LogP contribution is 2.33. The summed E-state index contributed by atoms with van der Waals surface area (Å²) in [5, 5.41) is 3.48. The highest BCUT2D eigenvalue weighted by molar-refractivity contribution is 5.94. The monoisotopic (exact) mass is 470 g/mol. The van der Waals surface area contributed by atoms with Gasteiger partial charge in [0.1, 0.15) is 0 Å². The predicted molar refractivity (Wildman–Crippen MR) is 146 cm³/mol. The van der Waals surface area contributed by atoms with Gasteiger partial charge in [0.2, 0.25) is 0 Å². The molecule has 4 rings (SSSR count). The van der Waals surface area contributed by atoms with E-state index in [1.807, 2.05) is 30.9 Å². The zero-order valence-electron chi connectivity index (χ0n) is 21.3. The highest BCUT2D eigenvalue weighted by Gasteiger charge is 2.25. The number of nitrogens with one attached hydrogen (secondary N) is 1. The third kappa shape index (κ3) is 5.75. The van der Waals surface area contributed by atoms with Crippen molar-refractivity contribution in [3.8, 4) is 0 Å². The minimum atomic E-state index is 0.101. The van der Waals surface area contributed by atoms with Crippen LogP contribution in [-0.2, 0) is 0 Å². The van der Waals surface area contributed by atoms with E-state index in [0.717, 1.165) is 51.4 Å². The molecule has 3 aromatic rings. The zero-order chi connectivity index (χ0) is 24.6. The minimum Gasteiger partial charge on any atom is -0.342 e. The molecule has 1 heterocycles. The third-order valence-electron chi connectivity index (χ3n) is 6.92. The van der Waals surface area contributed by atoms with Gasteiger partial charge in [-0.05, 0) is 68.3 Å². The van der Waals surface area contributed by atoms with E-state index in [0.29, 0.717) is 0 Å². The van der Waals surface area contributed by atoms with Gasteiger partial charge in [-0.15, -0.1) is 0 Å². The molecule has 35 heavy (non-hydrogen) atoms. The average molecular weight is 471 g/mol. The van der Waals surface area contributed by atoms with Gasteiger partial charge in [-0.1, -0.05) is 42.5 Å². The van der Waals surface area contributed by atoms with Crippen LogP contribution in [0.15, 0.2) is 78.9 Å². The Kier molecular flexibility index (Phi) is 8.56. The molecule has 1 aliphatic rings. The number of carbonyl (C=O) groups is 1. The molecular weight excluding hydrogens is 432 g/mol. The number of nitrogens with zero attached hydrogens (tertiary/aromatic N) is 3. The van der Waals surface area contributed by atoms with Crippen molar-refractivity contribution in [2.45, 2.75) is 26.8 Å². The fraction of sp³-hybridized carbons (Fsp3) is 0.367. The topological polar surface area (TPSA) is 38.8 Å². The lowest BCUT2D eigenvalue weighted by molar-refractivity contribution is 0.0773. The molecule has 3 aromatic carbocycles. The Balaban J connectivity index is 1.69. The van der Waals surface area contributed by atoms with Crippen molar-refractivity contribution in [1.82, 2.24) is 15.1 Å². The summed E-state index contributed by atoms with van der Waals surface area (Å²) in [6.45, 7) is 12.5. The molecule has 1 fully saturated rings. The molecule has 1 atom stereocenters. The summed E-state index contributed by atoms with van der Waals surface area (Å²) in [6.07, 6.45) is 0. The Morgan fingerprint density at radius 1 is 0.800 bits per heavy atom. The summed E-state index contributed by atoms with van der Waals surface area (Å²) in [5.74, 6) is 0.101. The summed E-state index contributed by atoms with van der Waals surface area (Å²) in [4.78, 5) is 19.6. The molecule has 1 aliphatic heterocycles. The first kappa shape index (κ1) is 25.0. The fourth-order valence-electron chi connectivity index (χ4n) is 5.04. The summed E-state index contributed by atoms with van der Waals surface area (Å²) in [5.41, 5.74) is 5.66. The van der Waals surface area contributed by atoms with Crippen LogP contribution in [0.5, 0.6) is 0 Å². The standard InChI is InChI=1S/C30H38N4O/c1-4-32(5-2)30(35)25-17-15-24(16-18-25)29(33-21-19-31-20-22-33)26-11-10-14-28(23-26)34(6-3)27-12-8-7-9-13-27/h7-18,23,29,31H,4-6,19-22H2,1-3H3/t29-/m1/s1. The van der Waals surface area contributed by atoms with Crippen LogP contribution < -0.4 is 10.2 Å². The lowest BCUT2D eigenvalue weighted by Crippen LogP contribution is -2.45. The van der Waals surface area contributed by atoms with Crippen LogP contribution in [0.3, 0.4) is 0 Å². The van der Waals surface area contributed by atoms with Gasteiger partial charge in [0.15, 0.2) is 0 Å². The van der Waals surface area contributed by atoms with Gasteiger partial charge in [-0.25, -0.2) is 0 Å². The number of hydrogen-bond acceptors (Lipinski definition) is 4. The summed E-state index contributed by atoms with van der Waals surface area (Å²) >= 11 is 0. The van der Waals surface area contributed by atoms with Gasteiger partial charge < -0.3 is 15.1 Å². The minimum absolute atomic E-state index is 0.101. The van der Waals surface area contributed by atoms with Crippen LogP contribution in [0.25, 0.3) is 0 Å². The molecular formula is C30H38N4O. The van der Waals surface area contributed by atoms with E-state index < -0.39 is 0 Å². The second-order valence-corrected chi connectivity index (χ2v) is 8.96. The van der Waals surface area contributed by atoms with Gasteiger partial charge in [0.05, 0.1) is 6.04 Å². The SMILES string of the molecule is CCN(CC)C(=O)c1ccc([C@H](c2cccc(N(CC)c3ccccc3)c2)N2CCNCC2)cc1.